The Bertz CT molecular complexity index is 2260. The lowest BCUT2D eigenvalue weighted by Gasteiger charge is -2.10. The van der Waals surface area contributed by atoms with Crippen molar-refractivity contribution in [1.82, 2.24) is 40.1 Å². The quantitative estimate of drug-likeness (QED) is 0.246. The molecule has 0 bridgehead atoms. The summed E-state index contributed by atoms with van der Waals surface area (Å²) in [6.07, 6.45) is 8.15. The molecule has 0 saturated carbocycles. The highest BCUT2D eigenvalue weighted by Crippen LogP contribution is 2.38. The lowest BCUT2D eigenvalue weighted by molar-refractivity contribution is 0.692. The van der Waals surface area contributed by atoms with E-state index in [0.717, 1.165) is 94.5 Å². The van der Waals surface area contributed by atoms with Gasteiger partial charge in [-0.05, 0) is 47.4 Å². The van der Waals surface area contributed by atoms with Gasteiger partial charge in [0, 0.05) is 39.0 Å². The third-order valence-corrected chi connectivity index (χ3v) is 8.04. The molecule has 1 atom stereocenters. The van der Waals surface area contributed by atoms with Crippen molar-refractivity contribution in [3.63, 3.8) is 0 Å². The van der Waals surface area contributed by atoms with Crippen LogP contribution in [0.1, 0.15) is 37.8 Å². The SMILES string of the molecule is CCC(C)c1nc2c3ncncc3c3cc(-c4ccc5c(c4)c4cnncc4c4nc(C)[nH]c54)ccc3c2[nH]1. The van der Waals surface area contributed by atoms with Crippen LogP contribution in [0, 0.1) is 6.92 Å². The number of rotatable bonds is 3. The summed E-state index contributed by atoms with van der Waals surface area (Å²) in [6, 6.07) is 13.2. The van der Waals surface area contributed by atoms with Gasteiger partial charge < -0.3 is 9.97 Å². The summed E-state index contributed by atoms with van der Waals surface area (Å²) in [5.74, 6) is 2.21. The van der Waals surface area contributed by atoms with Crippen molar-refractivity contribution in [2.24, 2.45) is 0 Å². The lowest BCUT2D eigenvalue weighted by atomic mass is 9.95. The van der Waals surface area contributed by atoms with Crippen molar-refractivity contribution < 1.29 is 0 Å². The van der Waals surface area contributed by atoms with E-state index in [1.54, 1.807) is 12.5 Å². The number of nitrogens with one attached hydrogen (secondary N) is 2. The first-order valence-electron chi connectivity index (χ1n) is 13.2. The third kappa shape index (κ3) is 3.11. The molecule has 0 saturated heterocycles. The van der Waals surface area contributed by atoms with Crippen LogP contribution < -0.4 is 0 Å². The normalized spacial score (nSPS) is 13.0. The Morgan fingerprint density at radius 3 is 2.10 bits per heavy atom. The van der Waals surface area contributed by atoms with E-state index in [4.69, 9.17) is 9.97 Å². The molecule has 188 valence electrons. The Labute approximate surface area is 222 Å². The van der Waals surface area contributed by atoms with Crippen LogP contribution in [0.4, 0.5) is 0 Å². The molecular weight excluding hydrogens is 484 g/mol. The number of benzene rings is 4. The number of aromatic amines is 2. The van der Waals surface area contributed by atoms with E-state index in [0.29, 0.717) is 5.92 Å². The van der Waals surface area contributed by atoms with Gasteiger partial charge in [-0.2, -0.15) is 10.2 Å². The molecular formula is C31H24N8. The first-order chi connectivity index (χ1) is 19.1. The number of H-pyrrole nitrogens is 2. The Kier molecular flexibility index (Phi) is 4.53. The van der Waals surface area contributed by atoms with Crippen molar-refractivity contribution in [2.45, 2.75) is 33.1 Å². The van der Waals surface area contributed by atoms with E-state index < -0.39 is 0 Å². The third-order valence-electron chi connectivity index (χ3n) is 8.04. The summed E-state index contributed by atoms with van der Waals surface area (Å²) in [5, 5.41) is 15.8. The molecule has 4 aromatic carbocycles. The van der Waals surface area contributed by atoms with Crippen LogP contribution in [-0.4, -0.2) is 40.1 Å². The number of fused-ring (bicyclic) bond motifs is 12. The van der Waals surface area contributed by atoms with Crippen molar-refractivity contribution in [1.29, 1.82) is 0 Å². The summed E-state index contributed by atoms with van der Waals surface area (Å²) < 4.78 is 0. The van der Waals surface area contributed by atoms with Gasteiger partial charge in [-0.1, -0.05) is 38.1 Å². The van der Waals surface area contributed by atoms with Crippen LogP contribution in [0.25, 0.3) is 76.4 Å². The maximum absolute atomic E-state index is 4.97. The molecule has 0 spiro atoms. The number of hydrogen-bond acceptors (Lipinski definition) is 6. The van der Waals surface area contributed by atoms with E-state index in [9.17, 15) is 0 Å². The van der Waals surface area contributed by atoms with Gasteiger partial charge in [-0.25, -0.2) is 19.9 Å². The largest absolute Gasteiger partial charge is 0.342 e. The summed E-state index contributed by atoms with van der Waals surface area (Å²) >= 11 is 0. The molecule has 0 fully saturated rings. The second-order valence-corrected chi connectivity index (χ2v) is 10.3. The summed E-state index contributed by atoms with van der Waals surface area (Å²) in [5.41, 5.74) is 6.98. The van der Waals surface area contributed by atoms with E-state index >= 15 is 0 Å². The fourth-order valence-electron chi connectivity index (χ4n) is 5.84. The number of aryl methyl sites for hydroxylation is 1. The zero-order valence-corrected chi connectivity index (χ0v) is 21.7. The molecule has 4 aromatic heterocycles. The molecule has 0 aliphatic carbocycles. The van der Waals surface area contributed by atoms with Crippen LogP contribution in [0.5, 0.6) is 0 Å². The first-order valence-corrected chi connectivity index (χ1v) is 13.2. The fraction of sp³-hybridized carbons (Fsp3) is 0.161. The molecule has 0 amide bonds. The Hall–Kier alpha value is -4.98. The average Bonchev–Trinajstić information content (AvgIpc) is 3.61. The van der Waals surface area contributed by atoms with Crippen molar-refractivity contribution >= 4 is 65.3 Å². The zero-order valence-electron chi connectivity index (χ0n) is 21.7. The van der Waals surface area contributed by atoms with E-state index in [1.807, 2.05) is 19.3 Å². The minimum absolute atomic E-state index is 0.339. The van der Waals surface area contributed by atoms with Crippen LogP contribution in [0.2, 0.25) is 0 Å². The highest BCUT2D eigenvalue weighted by Gasteiger charge is 2.18. The second-order valence-electron chi connectivity index (χ2n) is 10.3. The second kappa shape index (κ2) is 8.01. The fourth-order valence-corrected chi connectivity index (χ4v) is 5.84. The van der Waals surface area contributed by atoms with Gasteiger partial charge >= 0.3 is 0 Å². The van der Waals surface area contributed by atoms with Gasteiger partial charge in [-0.15, -0.1) is 0 Å². The number of nitrogens with zero attached hydrogens (tertiary/aromatic N) is 6. The minimum atomic E-state index is 0.339. The maximum Gasteiger partial charge on any atom is 0.116 e. The monoisotopic (exact) mass is 508 g/mol. The molecule has 1 unspecified atom stereocenters. The van der Waals surface area contributed by atoms with Gasteiger partial charge in [0.1, 0.15) is 29.0 Å². The summed E-state index contributed by atoms with van der Waals surface area (Å²) in [4.78, 5) is 25.8. The molecule has 39 heavy (non-hydrogen) atoms. The molecule has 8 heteroatoms. The Morgan fingerprint density at radius 2 is 1.36 bits per heavy atom. The predicted molar refractivity (Wildman–Crippen MR) is 156 cm³/mol. The van der Waals surface area contributed by atoms with Crippen LogP contribution in [-0.2, 0) is 0 Å². The van der Waals surface area contributed by atoms with Gasteiger partial charge in [0.25, 0.3) is 0 Å². The van der Waals surface area contributed by atoms with Crippen molar-refractivity contribution in [3.8, 4) is 11.1 Å². The molecule has 0 aliphatic heterocycles. The molecule has 8 rings (SSSR count). The van der Waals surface area contributed by atoms with Gasteiger partial charge in [-0.3, -0.25) is 0 Å². The maximum atomic E-state index is 4.97. The summed E-state index contributed by atoms with van der Waals surface area (Å²) in [7, 11) is 0. The number of hydrogen-bond donors (Lipinski definition) is 2. The minimum Gasteiger partial charge on any atom is -0.342 e. The molecule has 8 nitrogen and oxygen atoms in total. The molecule has 8 aromatic rings. The van der Waals surface area contributed by atoms with Crippen LogP contribution in [0.15, 0.2) is 61.3 Å². The molecule has 4 heterocycles. The lowest BCUT2D eigenvalue weighted by Crippen LogP contribution is -1.93. The number of aromatic nitrogens is 8. The highest BCUT2D eigenvalue weighted by atomic mass is 15.1. The molecule has 0 radical (unpaired) electrons. The van der Waals surface area contributed by atoms with Crippen LogP contribution in [0.3, 0.4) is 0 Å². The van der Waals surface area contributed by atoms with Crippen LogP contribution >= 0.6 is 0 Å². The first kappa shape index (κ1) is 22.0. The van der Waals surface area contributed by atoms with Gasteiger partial charge in [0.05, 0.1) is 28.9 Å². The standard InChI is InChI=1S/C31H24N8/c1-4-15(2)31-38-28-20-8-6-18(10-22(20)24-11-32-14-33-26(24)30(28)39-31)17-5-7-19-21(9-17)23-12-34-35-13-25(23)29-27(19)36-16(3)37-29/h5-15H,4H2,1-3H3,(H,36,37)(H,38,39). The smallest absolute Gasteiger partial charge is 0.116 e. The average molecular weight is 509 g/mol. The Balaban J connectivity index is 1.41. The van der Waals surface area contributed by atoms with E-state index in [-0.39, 0.29) is 0 Å². The zero-order chi connectivity index (χ0) is 26.2. The topological polar surface area (TPSA) is 109 Å². The van der Waals surface area contributed by atoms with Crippen molar-refractivity contribution in [3.05, 3.63) is 73.0 Å². The van der Waals surface area contributed by atoms with E-state index in [1.165, 1.54) is 0 Å². The number of imidazole rings is 2. The van der Waals surface area contributed by atoms with Gasteiger partial charge in [0.15, 0.2) is 0 Å². The predicted octanol–water partition coefficient (Wildman–Crippen LogP) is 7.12. The van der Waals surface area contributed by atoms with Crippen molar-refractivity contribution in [2.75, 3.05) is 0 Å². The summed E-state index contributed by atoms with van der Waals surface area (Å²) in [6.45, 7) is 6.36. The van der Waals surface area contributed by atoms with E-state index in [2.05, 4.69) is 80.4 Å². The Morgan fingerprint density at radius 1 is 0.692 bits per heavy atom. The highest BCUT2D eigenvalue weighted by molar-refractivity contribution is 6.24. The molecule has 2 N–H and O–H groups in total. The van der Waals surface area contributed by atoms with Gasteiger partial charge in [0.2, 0.25) is 0 Å². The molecule has 0 aliphatic rings.